The summed E-state index contributed by atoms with van der Waals surface area (Å²) >= 11 is 0. The maximum atomic E-state index is 5.80. The number of hydrogen-bond acceptors (Lipinski definition) is 3. The van der Waals surface area contributed by atoms with Crippen LogP contribution < -0.4 is 14.2 Å². The van der Waals surface area contributed by atoms with Crippen LogP contribution in [0.25, 0.3) is 10.8 Å². The van der Waals surface area contributed by atoms with E-state index in [2.05, 4.69) is 0 Å². The van der Waals surface area contributed by atoms with Crippen LogP contribution in [0.4, 0.5) is 0 Å². The van der Waals surface area contributed by atoms with Crippen molar-refractivity contribution in [2.45, 2.75) is 39.9 Å². The van der Waals surface area contributed by atoms with Gasteiger partial charge in [-0.3, -0.25) is 0 Å². The number of methoxy groups -OCH3 is 1. The van der Waals surface area contributed by atoms with Gasteiger partial charge in [0.15, 0.2) is 11.5 Å². The zero-order valence-corrected chi connectivity index (χ0v) is 12.8. The van der Waals surface area contributed by atoms with E-state index in [4.69, 9.17) is 14.2 Å². The van der Waals surface area contributed by atoms with Gasteiger partial charge in [-0.15, -0.1) is 0 Å². The van der Waals surface area contributed by atoms with Crippen LogP contribution in [-0.4, -0.2) is 19.3 Å². The maximum absolute atomic E-state index is 5.80. The van der Waals surface area contributed by atoms with E-state index in [0.717, 1.165) is 28.0 Å². The van der Waals surface area contributed by atoms with Gasteiger partial charge in [0.05, 0.1) is 19.3 Å². The smallest absolute Gasteiger partial charge is 0.162 e. The average Bonchev–Trinajstić information content (AvgIpc) is 2.36. The summed E-state index contributed by atoms with van der Waals surface area (Å²) in [5.41, 5.74) is 0. The standard InChI is InChI=1S/C17H22O3/c1-11(2)19-15-7-6-13-9-16(18-5)17(20-12(3)4)10-14(13)8-15/h6-12H,1-5H3. The van der Waals surface area contributed by atoms with Crippen molar-refractivity contribution in [3.05, 3.63) is 30.3 Å². The molecule has 0 atom stereocenters. The fourth-order valence-corrected chi connectivity index (χ4v) is 2.09. The average molecular weight is 274 g/mol. The zero-order chi connectivity index (χ0) is 14.7. The molecule has 2 aromatic rings. The van der Waals surface area contributed by atoms with Gasteiger partial charge in [-0.25, -0.2) is 0 Å². The topological polar surface area (TPSA) is 27.7 Å². The SMILES string of the molecule is COc1cc2ccc(OC(C)C)cc2cc1OC(C)C. The highest BCUT2D eigenvalue weighted by Crippen LogP contribution is 2.34. The van der Waals surface area contributed by atoms with Gasteiger partial charge >= 0.3 is 0 Å². The highest BCUT2D eigenvalue weighted by molar-refractivity contribution is 5.87. The molecule has 0 aliphatic rings. The summed E-state index contributed by atoms with van der Waals surface area (Å²) in [5, 5.41) is 2.19. The molecule has 0 saturated carbocycles. The van der Waals surface area contributed by atoms with Crippen LogP contribution in [0.5, 0.6) is 17.2 Å². The van der Waals surface area contributed by atoms with Gasteiger partial charge in [0, 0.05) is 0 Å². The minimum Gasteiger partial charge on any atom is -0.493 e. The summed E-state index contributed by atoms with van der Waals surface area (Å²) in [6, 6.07) is 10.0. The molecule has 3 nitrogen and oxygen atoms in total. The number of benzene rings is 2. The van der Waals surface area contributed by atoms with Crippen molar-refractivity contribution in [1.82, 2.24) is 0 Å². The van der Waals surface area contributed by atoms with E-state index in [0.29, 0.717) is 0 Å². The van der Waals surface area contributed by atoms with Gasteiger partial charge in [-0.2, -0.15) is 0 Å². The van der Waals surface area contributed by atoms with Crippen LogP contribution >= 0.6 is 0 Å². The third kappa shape index (κ3) is 3.35. The summed E-state index contributed by atoms with van der Waals surface area (Å²) in [6.07, 6.45) is 0.272. The summed E-state index contributed by atoms with van der Waals surface area (Å²) in [4.78, 5) is 0. The maximum Gasteiger partial charge on any atom is 0.162 e. The monoisotopic (exact) mass is 274 g/mol. The Balaban J connectivity index is 2.45. The molecule has 3 heteroatoms. The Morgan fingerprint density at radius 2 is 1.40 bits per heavy atom. The van der Waals surface area contributed by atoms with Gasteiger partial charge in [-0.05, 0) is 62.7 Å². The molecule has 0 aliphatic carbocycles. The first-order valence-electron chi connectivity index (χ1n) is 6.94. The molecule has 0 spiro atoms. The van der Waals surface area contributed by atoms with Crippen molar-refractivity contribution in [1.29, 1.82) is 0 Å². The largest absolute Gasteiger partial charge is 0.493 e. The van der Waals surface area contributed by atoms with E-state index < -0.39 is 0 Å². The second-order valence-corrected chi connectivity index (χ2v) is 5.35. The summed E-state index contributed by atoms with van der Waals surface area (Å²) in [7, 11) is 1.66. The van der Waals surface area contributed by atoms with Crippen molar-refractivity contribution in [2.75, 3.05) is 7.11 Å². The van der Waals surface area contributed by atoms with Gasteiger partial charge in [-0.1, -0.05) is 6.07 Å². The van der Waals surface area contributed by atoms with E-state index in [9.17, 15) is 0 Å². The molecular formula is C17H22O3. The van der Waals surface area contributed by atoms with Crippen molar-refractivity contribution >= 4 is 10.8 Å². The molecule has 0 heterocycles. The molecule has 0 N–H and O–H groups in total. The van der Waals surface area contributed by atoms with Gasteiger partial charge in [0.25, 0.3) is 0 Å². The summed E-state index contributed by atoms with van der Waals surface area (Å²) in [5.74, 6) is 2.38. The Kier molecular flexibility index (Phi) is 4.38. The fourth-order valence-electron chi connectivity index (χ4n) is 2.09. The minimum absolute atomic E-state index is 0.108. The number of hydrogen-bond donors (Lipinski definition) is 0. The first-order valence-corrected chi connectivity index (χ1v) is 6.94. The molecular weight excluding hydrogens is 252 g/mol. The van der Waals surface area contributed by atoms with Gasteiger partial charge in [0.2, 0.25) is 0 Å². The first kappa shape index (κ1) is 14.5. The Labute approximate surface area is 120 Å². The zero-order valence-electron chi connectivity index (χ0n) is 12.8. The molecule has 108 valence electrons. The van der Waals surface area contributed by atoms with Crippen LogP contribution in [0.15, 0.2) is 30.3 Å². The molecule has 0 amide bonds. The highest BCUT2D eigenvalue weighted by Gasteiger charge is 2.09. The van der Waals surface area contributed by atoms with E-state index in [1.165, 1.54) is 0 Å². The molecule has 0 bridgehead atoms. The molecule has 0 fully saturated rings. The predicted molar refractivity (Wildman–Crippen MR) is 82.0 cm³/mol. The number of fused-ring (bicyclic) bond motifs is 1. The van der Waals surface area contributed by atoms with E-state index in [-0.39, 0.29) is 12.2 Å². The lowest BCUT2D eigenvalue weighted by Crippen LogP contribution is -2.07. The summed E-state index contributed by atoms with van der Waals surface area (Å²) in [6.45, 7) is 8.04. The van der Waals surface area contributed by atoms with Crippen LogP contribution in [0.2, 0.25) is 0 Å². The Morgan fingerprint density at radius 1 is 0.750 bits per heavy atom. The third-order valence-corrected chi connectivity index (χ3v) is 2.83. The predicted octanol–water partition coefficient (Wildman–Crippen LogP) is 4.42. The van der Waals surface area contributed by atoms with Crippen LogP contribution in [0.3, 0.4) is 0 Å². The second kappa shape index (κ2) is 6.04. The lowest BCUT2D eigenvalue weighted by atomic mass is 10.1. The Bertz CT molecular complexity index is 588. The first-order chi connectivity index (χ1) is 9.49. The normalized spacial score (nSPS) is 11.2. The Morgan fingerprint density at radius 3 is 2.00 bits per heavy atom. The number of ether oxygens (including phenoxy) is 3. The summed E-state index contributed by atoms with van der Waals surface area (Å²) < 4.78 is 16.9. The minimum atomic E-state index is 0.108. The Hall–Kier alpha value is -1.90. The number of rotatable bonds is 5. The molecule has 0 aromatic heterocycles. The van der Waals surface area contributed by atoms with E-state index in [1.54, 1.807) is 7.11 Å². The van der Waals surface area contributed by atoms with Crippen LogP contribution in [-0.2, 0) is 0 Å². The second-order valence-electron chi connectivity index (χ2n) is 5.35. The molecule has 0 aliphatic heterocycles. The highest BCUT2D eigenvalue weighted by atomic mass is 16.5. The van der Waals surface area contributed by atoms with Gasteiger partial charge in [0.1, 0.15) is 5.75 Å². The molecule has 0 unspecified atom stereocenters. The van der Waals surface area contributed by atoms with Crippen LogP contribution in [0, 0.1) is 0 Å². The molecule has 0 radical (unpaired) electrons. The fraction of sp³-hybridized carbons (Fsp3) is 0.412. The molecule has 2 rings (SSSR count). The lowest BCUT2D eigenvalue weighted by Gasteiger charge is -2.15. The van der Waals surface area contributed by atoms with Crippen molar-refractivity contribution in [3.8, 4) is 17.2 Å². The van der Waals surface area contributed by atoms with Crippen LogP contribution in [0.1, 0.15) is 27.7 Å². The van der Waals surface area contributed by atoms with Crippen molar-refractivity contribution < 1.29 is 14.2 Å². The lowest BCUT2D eigenvalue weighted by molar-refractivity contribution is 0.230. The van der Waals surface area contributed by atoms with E-state index in [1.807, 2.05) is 58.0 Å². The molecule has 2 aromatic carbocycles. The quantitative estimate of drug-likeness (QED) is 0.807. The van der Waals surface area contributed by atoms with Gasteiger partial charge < -0.3 is 14.2 Å². The van der Waals surface area contributed by atoms with Crippen molar-refractivity contribution in [3.63, 3.8) is 0 Å². The molecule has 0 saturated heterocycles. The van der Waals surface area contributed by atoms with Crippen molar-refractivity contribution in [2.24, 2.45) is 0 Å². The molecule has 20 heavy (non-hydrogen) atoms. The third-order valence-electron chi connectivity index (χ3n) is 2.83. The van der Waals surface area contributed by atoms with E-state index >= 15 is 0 Å².